The first-order chi connectivity index (χ1) is 14.3. The average molecular weight is 529 g/mol. The van der Waals surface area contributed by atoms with Gasteiger partial charge in [0, 0.05) is 28.6 Å². The van der Waals surface area contributed by atoms with E-state index in [0.717, 1.165) is 42.7 Å². The van der Waals surface area contributed by atoms with Crippen LogP contribution in [0.15, 0.2) is 57.0 Å². The molecular weight excluding hydrogens is 510 g/mol. The average Bonchev–Trinajstić information content (AvgIpc) is 3.03. The number of ether oxygens (including phenoxy) is 1. The van der Waals surface area contributed by atoms with Gasteiger partial charge in [0.05, 0.1) is 28.2 Å². The van der Waals surface area contributed by atoms with Crippen LogP contribution in [0.25, 0.3) is 11.3 Å². The fourth-order valence-electron chi connectivity index (χ4n) is 3.56. The summed E-state index contributed by atoms with van der Waals surface area (Å²) in [6.07, 6.45) is -0.880. The van der Waals surface area contributed by atoms with Crippen molar-refractivity contribution in [3.8, 4) is 17.6 Å². The number of hydrogen-bond acceptors (Lipinski definition) is 5. The van der Waals surface area contributed by atoms with Crippen molar-refractivity contribution in [3.05, 3.63) is 73.8 Å². The van der Waals surface area contributed by atoms with E-state index in [1.807, 2.05) is 68.4 Å². The number of benzene rings is 2. The molecule has 0 spiro atoms. The van der Waals surface area contributed by atoms with Crippen LogP contribution in [0.1, 0.15) is 16.8 Å². The number of aromatic nitrogens is 2. The number of hydrogen-bond donors (Lipinski definition) is 1. The van der Waals surface area contributed by atoms with Crippen molar-refractivity contribution in [3.63, 3.8) is 0 Å². The highest BCUT2D eigenvalue weighted by Crippen LogP contribution is 2.43. The number of fused-ring (bicyclic) bond motifs is 1. The molecule has 8 heteroatoms. The van der Waals surface area contributed by atoms with Gasteiger partial charge in [0.25, 0.3) is 0 Å². The van der Waals surface area contributed by atoms with Crippen LogP contribution < -0.4 is 15.4 Å². The summed E-state index contributed by atoms with van der Waals surface area (Å²) >= 11 is 7.10. The zero-order valence-electron chi connectivity index (χ0n) is 16.6. The standard InChI is InChI=1S/C22H19Br2N5O/c1-12-19-20(13-4-9-18(28(2)3)17(24)10-13)16(11-25)21(26)30-22(19)29(27-12)15-7-5-14(23)6-8-15/h4-10,21H,26H2,1-3H3. The Kier molecular flexibility index (Phi) is 5.45. The minimum Gasteiger partial charge on any atom is -0.453 e. The third kappa shape index (κ3) is 3.43. The molecule has 1 unspecified atom stereocenters. The van der Waals surface area contributed by atoms with E-state index in [2.05, 4.69) is 37.9 Å². The van der Waals surface area contributed by atoms with Gasteiger partial charge in [0.15, 0.2) is 6.23 Å². The van der Waals surface area contributed by atoms with Crippen molar-refractivity contribution >= 4 is 43.1 Å². The van der Waals surface area contributed by atoms with Crippen LogP contribution in [-0.2, 0) is 0 Å². The van der Waals surface area contributed by atoms with Crippen molar-refractivity contribution in [1.82, 2.24) is 9.78 Å². The largest absolute Gasteiger partial charge is 0.453 e. The van der Waals surface area contributed by atoms with Crippen LogP contribution in [0, 0.1) is 18.3 Å². The predicted molar refractivity (Wildman–Crippen MR) is 125 cm³/mol. The minimum absolute atomic E-state index is 0.380. The summed E-state index contributed by atoms with van der Waals surface area (Å²) in [6.45, 7) is 1.91. The topological polar surface area (TPSA) is 80.1 Å². The van der Waals surface area contributed by atoms with Gasteiger partial charge in [0.1, 0.15) is 6.07 Å². The maximum Gasteiger partial charge on any atom is 0.226 e. The lowest BCUT2D eigenvalue weighted by atomic mass is 9.91. The number of rotatable bonds is 3. The lowest BCUT2D eigenvalue weighted by molar-refractivity contribution is 0.228. The van der Waals surface area contributed by atoms with Crippen LogP contribution in [0.3, 0.4) is 0 Å². The maximum absolute atomic E-state index is 9.86. The molecule has 1 aliphatic rings. The van der Waals surface area contributed by atoms with Crippen molar-refractivity contribution in [1.29, 1.82) is 5.26 Å². The Morgan fingerprint density at radius 1 is 1.17 bits per heavy atom. The lowest BCUT2D eigenvalue weighted by Gasteiger charge is -2.25. The first kappa shape index (κ1) is 20.7. The zero-order chi connectivity index (χ0) is 21.6. The van der Waals surface area contributed by atoms with Gasteiger partial charge in [-0.05, 0) is 64.8 Å². The lowest BCUT2D eigenvalue weighted by Crippen LogP contribution is -2.33. The summed E-state index contributed by atoms with van der Waals surface area (Å²) in [6, 6.07) is 16.0. The van der Waals surface area contributed by atoms with E-state index in [4.69, 9.17) is 15.6 Å². The molecule has 3 aromatic rings. The molecule has 2 heterocycles. The normalized spacial score (nSPS) is 15.4. The fourth-order valence-corrected chi connectivity index (χ4v) is 4.56. The number of halogens is 2. The molecule has 2 N–H and O–H groups in total. The van der Waals surface area contributed by atoms with E-state index in [0.29, 0.717) is 11.5 Å². The van der Waals surface area contributed by atoms with Crippen LogP contribution in [0.4, 0.5) is 5.69 Å². The van der Waals surface area contributed by atoms with Gasteiger partial charge in [-0.2, -0.15) is 10.4 Å². The van der Waals surface area contributed by atoms with E-state index in [1.165, 1.54) is 0 Å². The second-order valence-electron chi connectivity index (χ2n) is 7.15. The third-order valence-corrected chi connectivity index (χ3v) is 6.13. The third-order valence-electron chi connectivity index (χ3n) is 4.97. The molecule has 0 radical (unpaired) electrons. The van der Waals surface area contributed by atoms with Gasteiger partial charge in [-0.3, -0.25) is 5.73 Å². The minimum atomic E-state index is -0.880. The Labute approximate surface area is 191 Å². The Morgan fingerprint density at radius 2 is 1.87 bits per heavy atom. The molecule has 0 amide bonds. The van der Waals surface area contributed by atoms with E-state index in [-0.39, 0.29) is 0 Å². The number of aryl methyl sites for hydroxylation is 1. The second-order valence-corrected chi connectivity index (χ2v) is 8.92. The second kappa shape index (κ2) is 7.91. The molecule has 1 aromatic heterocycles. The zero-order valence-corrected chi connectivity index (χ0v) is 19.8. The summed E-state index contributed by atoms with van der Waals surface area (Å²) in [7, 11) is 3.96. The summed E-state index contributed by atoms with van der Waals surface area (Å²) in [5, 5.41) is 14.6. The molecule has 1 aliphatic heterocycles. The van der Waals surface area contributed by atoms with E-state index in [1.54, 1.807) is 4.68 Å². The molecule has 2 aromatic carbocycles. The smallest absolute Gasteiger partial charge is 0.226 e. The fraction of sp³-hybridized carbons (Fsp3) is 0.182. The Balaban J connectivity index is 1.95. The monoisotopic (exact) mass is 527 g/mol. The Hall–Kier alpha value is -2.60. The highest BCUT2D eigenvalue weighted by molar-refractivity contribution is 9.10. The highest BCUT2D eigenvalue weighted by atomic mass is 79.9. The van der Waals surface area contributed by atoms with Gasteiger partial charge in [-0.25, -0.2) is 4.68 Å². The first-order valence-corrected chi connectivity index (χ1v) is 10.8. The summed E-state index contributed by atoms with van der Waals surface area (Å²) in [4.78, 5) is 2.02. The van der Waals surface area contributed by atoms with Crippen molar-refractivity contribution < 1.29 is 4.74 Å². The summed E-state index contributed by atoms with van der Waals surface area (Å²) in [5.41, 5.74) is 11.7. The first-order valence-electron chi connectivity index (χ1n) is 9.21. The van der Waals surface area contributed by atoms with Crippen LogP contribution >= 0.6 is 31.9 Å². The molecule has 30 heavy (non-hydrogen) atoms. The van der Waals surface area contributed by atoms with Gasteiger partial charge < -0.3 is 9.64 Å². The molecule has 0 fully saturated rings. The van der Waals surface area contributed by atoms with Gasteiger partial charge >= 0.3 is 0 Å². The number of nitriles is 1. The van der Waals surface area contributed by atoms with E-state index < -0.39 is 6.23 Å². The Bertz CT molecular complexity index is 1210. The summed E-state index contributed by atoms with van der Waals surface area (Å²) in [5.74, 6) is 0.532. The molecule has 0 saturated heterocycles. The predicted octanol–water partition coefficient (Wildman–Crippen LogP) is 4.77. The molecule has 4 rings (SSSR count). The van der Waals surface area contributed by atoms with Crippen molar-refractivity contribution in [2.75, 3.05) is 19.0 Å². The van der Waals surface area contributed by atoms with Crippen LogP contribution in [0.5, 0.6) is 5.88 Å². The van der Waals surface area contributed by atoms with Crippen molar-refractivity contribution in [2.45, 2.75) is 13.2 Å². The molecule has 0 aliphatic carbocycles. The van der Waals surface area contributed by atoms with Crippen molar-refractivity contribution in [2.24, 2.45) is 5.73 Å². The number of nitrogens with zero attached hydrogens (tertiary/aromatic N) is 4. The van der Waals surface area contributed by atoms with Crippen LogP contribution in [-0.4, -0.2) is 30.1 Å². The van der Waals surface area contributed by atoms with Gasteiger partial charge in [-0.15, -0.1) is 0 Å². The quantitative estimate of drug-likeness (QED) is 0.529. The molecule has 1 atom stereocenters. The van der Waals surface area contributed by atoms with Gasteiger partial charge in [-0.1, -0.05) is 22.0 Å². The molecule has 6 nitrogen and oxygen atoms in total. The Morgan fingerprint density at radius 3 is 2.47 bits per heavy atom. The molecule has 152 valence electrons. The van der Waals surface area contributed by atoms with E-state index >= 15 is 0 Å². The highest BCUT2D eigenvalue weighted by Gasteiger charge is 2.33. The number of nitrogens with two attached hydrogens (primary N) is 1. The van der Waals surface area contributed by atoms with Gasteiger partial charge in [0.2, 0.25) is 5.88 Å². The molecular formula is C22H19Br2N5O. The maximum atomic E-state index is 9.86. The molecule has 0 saturated carbocycles. The summed E-state index contributed by atoms with van der Waals surface area (Å²) < 4.78 is 9.61. The molecule has 0 bridgehead atoms. The number of anilines is 1. The van der Waals surface area contributed by atoms with Crippen LogP contribution in [0.2, 0.25) is 0 Å². The van der Waals surface area contributed by atoms with E-state index in [9.17, 15) is 5.26 Å². The SMILES string of the molecule is Cc1nn(-c2ccc(Br)cc2)c2c1C(c1ccc(N(C)C)c(Br)c1)=C(C#N)C(N)O2.